The lowest BCUT2D eigenvalue weighted by atomic mass is 10.1. The van der Waals surface area contributed by atoms with Crippen molar-refractivity contribution in [2.45, 2.75) is 13.5 Å². The molecule has 2 aromatic heterocycles. The second-order valence-corrected chi connectivity index (χ2v) is 6.57. The van der Waals surface area contributed by atoms with E-state index < -0.39 is 11.2 Å². The molecule has 1 fully saturated rings. The predicted octanol–water partition coefficient (Wildman–Crippen LogP) is 0.617. The Morgan fingerprint density at radius 2 is 1.85 bits per heavy atom. The predicted molar refractivity (Wildman–Crippen MR) is 98.9 cm³/mol. The first-order valence-electron chi connectivity index (χ1n) is 8.62. The van der Waals surface area contributed by atoms with Gasteiger partial charge in [-0.15, -0.1) is 0 Å². The summed E-state index contributed by atoms with van der Waals surface area (Å²) < 4.78 is 8.71. The minimum absolute atomic E-state index is 0.396. The summed E-state index contributed by atoms with van der Waals surface area (Å²) in [6, 6.07) is 8.17. The first kappa shape index (κ1) is 16.6. The minimum Gasteiger partial charge on any atom is -0.378 e. The average molecular weight is 355 g/mol. The van der Waals surface area contributed by atoms with Crippen LogP contribution in [-0.2, 0) is 18.3 Å². The Kier molecular flexibility index (Phi) is 4.12. The van der Waals surface area contributed by atoms with Crippen molar-refractivity contribution >= 4 is 17.1 Å². The number of anilines is 1. The second-order valence-electron chi connectivity index (χ2n) is 6.57. The molecule has 1 aromatic carbocycles. The van der Waals surface area contributed by atoms with Crippen LogP contribution >= 0.6 is 0 Å². The van der Waals surface area contributed by atoms with Crippen molar-refractivity contribution in [2.24, 2.45) is 7.05 Å². The number of aromatic nitrogens is 4. The van der Waals surface area contributed by atoms with Crippen LogP contribution in [0.5, 0.6) is 0 Å². The van der Waals surface area contributed by atoms with Gasteiger partial charge >= 0.3 is 5.69 Å². The van der Waals surface area contributed by atoms with Crippen LogP contribution in [0.25, 0.3) is 11.2 Å². The van der Waals surface area contributed by atoms with Crippen molar-refractivity contribution in [2.75, 3.05) is 31.2 Å². The van der Waals surface area contributed by atoms with Crippen molar-refractivity contribution in [3.63, 3.8) is 0 Å². The Bertz CT molecular complexity index is 1060. The number of ether oxygens (including phenoxy) is 1. The number of nitrogens with one attached hydrogen (secondary N) is 1. The van der Waals surface area contributed by atoms with Gasteiger partial charge in [0.1, 0.15) is 0 Å². The number of hydrogen-bond acceptors (Lipinski definition) is 5. The third-order valence-electron chi connectivity index (χ3n) is 4.74. The fourth-order valence-corrected chi connectivity index (χ4v) is 3.25. The number of hydrogen-bond donors (Lipinski definition) is 1. The fraction of sp³-hybridized carbons (Fsp3) is 0.389. The fourth-order valence-electron chi connectivity index (χ4n) is 3.25. The van der Waals surface area contributed by atoms with Gasteiger partial charge in [-0.1, -0.05) is 29.8 Å². The van der Waals surface area contributed by atoms with Gasteiger partial charge in [0.05, 0.1) is 19.8 Å². The lowest BCUT2D eigenvalue weighted by molar-refractivity contribution is 0.121. The molecule has 0 amide bonds. The third-order valence-corrected chi connectivity index (χ3v) is 4.74. The lowest BCUT2D eigenvalue weighted by Gasteiger charge is -2.28. The van der Waals surface area contributed by atoms with Crippen LogP contribution in [0, 0.1) is 6.92 Å². The van der Waals surface area contributed by atoms with Gasteiger partial charge in [-0.2, -0.15) is 4.98 Å². The molecule has 0 atom stereocenters. The number of H-pyrrole nitrogens is 1. The van der Waals surface area contributed by atoms with E-state index in [1.807, 2.05) is 35.8 Å². The quantitative estimate of drug-likeness (QED) is 0.744. The molecule has 0 spiro atoms. The summed E-state index contributed by atoms with van der Waals surface area (Å²) in [5.41, 5.74) is 2.18. The zero-order chi connectivity index (χ0) is 18.3. The standard InChI is InChI=1S/C18H21N5O3/c1-12-3-5-13(6-4-12)11-23-14-15(21(2)18(25)20-16(14)24)19-17(23)22-7-9-26-10-8-22/h3-6H,7-11H2,1-2H3,(H,20,24,25). The topological polar surface area (TPSA) is 85.2 Å². The molecule has 3 heterocycles. The summed E-state index contributed by atoms with van der Waals surface area (Å²) in [5.74, 6) is 0.690. The van der Waals surface area contributed by atoms with Crippen molar-refractivity contribution in [1.82, 2.24) is 19.1 Å². The summed E-state index contributed by atoms with van der Waals surface area (Å²) in [6.45, 7) is 5.17. The Labute approximate surface area is 149 Å². The van der Waals surface area contributed by atoms with E-state index in [0.717, 1.165) is 5.56 Å². The Morgan fingerprint density at radius 3 is 2.54 bits per heavy atom. The van der Waals surface area contributed by atoms with Gasteiger partial charge in [0.2, 0.25) is 5.95 Å². The first-order chi connectivity index (χ1) is 12.5. The molecule has 1 N–H and O–H groups in total. The highest BCUT2D eigenvalue weighted by atomic mass is 16.5. The van der Waals surface area contributed by atoms with Gasteiger partial charge in [0.15, 0.2) is 11.2 Å². The van der Waals surface area contributed by atoms with E-state index in [4.69, 9.17) is 4.74 Å². The molecular formula is C18H21N5O3. The maximum Gasteiger partial charge on any atom is 0.329 e. The second kappa shape index (κ2) is 6.45. The number of nitrogens with zero attached hydrogens (tertiary/aromatic N) is 4. The van der Waals surface area contributed by atoms with Gasteiger partial charge in [-0.25, -0.2) is 4.79 Å². The van der Waals surface area contributed by atoms with Crippen molar-refractivity contribution in [3.05, 3.63) is 56.2 Å². The molecule has 4 rings (SSSR count). The zero-order valence-electron chi connectivity index (χ0n) is 14.9. The molecule has 0 radical (unpaired) electrons. The van der Waals surface area contributed by atoms with E-state index in [-0.39, 0.29) is 0 Å². The van der Waals surface area contributed by atoms with Gasteiger partial charge in [-0.3, -0.25) is 18.9 Å². The Morgan fingerprint density at radius 1 is 1.15 bits per heavy atom. The molecule has 8 nitrogen and oxygen atoms in total. The maximum atomic E-state index is 12.5. The highest BCUT2D eigenvalue weighted by Crippen LogP contribution is 2.22. The van der Waals surface area contributed by atoms with Gasteiger partial charge in [-0.05, 0) is 12.5 Å². The van der Waals surface area contributed by atoms with Crippen LogP contribution in [0.1, 0.15) is 11.1 Å². The van der Waals surface area contributed by atoms with E-state index in [2.05, 4.69) is 14.9 Å². The van der Waals surface area contributed by atoms with E-state index >= 15 is 0 Å². The van der Waals surface area contributed by atoms with Crippen LogP contribution in [-0.4, -0.2) is 45.4 Å². The summed E-state index contributed by atoms with van der Waals surface area (Å²) in [5, 5.41) is 0. The zero-order valence-corrected chi connectivity index (χ0v) is 14.9. The molecule has 1 aliphatic heterocycles. The van der Waals surface area contributed by atoms with Crippen molar-refractivity contribution in [3.8, 4) is 0 Å². The Hall–Kier alpha value is -2.87. The molecule has 0 unspecified atom stereocenters. The molecule has 8 heteroatoms. The molecule has 136 valence electrons. The van der Waals surface area contributed by atoms with E-state index in [1.54, 1.807) is 7.05 Å². The van der Waals surface area contributed by atoms with Crippen LogP contribution in [0.4, 0.5) is 5.95 Å². The van der Waals surface area contributed by atoms with Crippen LogP contribution < -0.4 is 16.1 Å². The summed E-state index contributed by atoms with van der Waals surface area (Å²) >= 11 is 0. The SMILES string of the molecule is Cc1ccc(Cn2c(N3CCOCC3)nc3c2c(=O)[nH]c(=O)n3C)cc1. The molecule has 1 saturated heterocycles. The molecule has 3 aromatic rings. The van der Waals surface area contributed by atoms with E-state index in [0.29, 0.717) is 50.0 Å². The normalized spacial score (nSPS) is 14.9. The van der Waals surface area contributed by atoms with Crippen molar-refractivity contribution < 1.29 is 4.74 Å². The third kappa shape index (κ3) is 2.82. The average Bonchev–Trinajstić information content (AvgIpc) is 3.02. The smallest absolute Gasteiger partial charge is 0.329 e. The Balaban J connectivity index is 1.91. The summed E-state index contributed by atoms with van der Waals surface area (Å²) in [7, 11) is 1.62. The molecule has 1 aliphatic rings. The minimum atomic E-state index is -0.462. The largest absolute Gasteiger partial charge is 0.378 e. The first-order valence-corrected chi connectivity index (χ1v) is 8.62. The van der Waals surface area contributed by atoms with E-state index in [9.17, 15) is 9.59 Å². The monoisotopic (exact) mass is 355 g/mol. The molecule has 0 bridgehead atoms. The molecular weight excluding hydrogens is 334 g/mol. The number of morpholine rings is 1. The maximum absolute atomic E-state index is 12.5. The van der Waals surface area contributed by atoms with Gasteiger partial charge < -0.3 is 9.64 Å². The number of aromatic amines is 1. The van der Waals surface area contributed by atoms with Crippen LogP contribution in [0.15, 0.2) is 33.9 Å². The number of benzene rings is 1. The van der Waals surface area contributed by atoms with Gasteiger partial charge in [0, 0.05) is 20.1 Å². The number of imidazole rings is 1. The molecule has 0 aliphatic carbocycles. The highest BCUT2D eigenvalue weighted by Gasteiger charge is 2.23. The van der Waals surface area contributed by atoms with E-state index in [1.165, 1.54) is 10.1 Å². The van der Waals surface area contributed by atoms with Crippen LogP contribution in [0.3, 0.4) is 0 Å². The van der Waals surface area contributed by atoms with Crippen molar-refractivity contribution in [1.29, 1.82) is 0 Å². The lowest BCUT2D eigenvalue weighted by Crippen LogP contribution is -2.38. The summed E-state index contributed by atoms with van der Waals surface area (Å²) in [6.07, 6.45) is 0. The highest BCUT2D eigenvalue weighted by molar-refractivity contribution is 5.74. The number of fused-ring (bicyclic) bond motifs is 1. The molecule has 0 saturated carbocycles. The number of aryl methyl sites for hydroxylation is 2. The molecule has 26 heavy (non-hydrogen) atoms. The van der Waals surface area contributed by atoms with Gasteiger partial charge in [0.25, 0.3) is 5.56 Å². The number of rotatable bonds is 3. The van der Waals surface area contributed by atoms with Crippen LogP contribution in [0.2, 0.25) is 0 Å². The summed E-state index contributed by atoms with van der Waals surface area (Å²) in [4.78, 5) is 33.6.